The number of aliphatic hydroxyl groups excluding tert-OH is 1. The van der Waals surface area contributed by atoms with Crippen molar-refractivity contribution >= 4 is 11.7 Å². The third kappa shape index (κ3) is 1.34. The maximum Gasteiger partial charge on any atom is 0.354 e. The molecule has 0 aromatic heterocycles. The van der Waals surface area contributed by atoms with Gasteiger partial charge in [0.25, 0.3) is 0 Å². The SMILES string of the molecule is N=C(CO)C(=O)OC1CC2CC1C1C2CC2OC21. The predicted molar refractivity (Wildman–Crippen MR) is 61.2 cm³/mol. The maximum atomic E-state index is 11.6. The van der Waals surface area contributed by atoms with Gasteiger partial charge in [0, 0.05) is 5.92 Å². The summed E-state index contributed by atoms with van der Waals surface area (Å²) in [5.41, 5.74) is -0.346. The monoisotopic (exact) mass is 251 g/mol. The second kappa shape index (κ2) is 3.54. The molecule has 4 aliphatic rings. The molecule has 4 fully saturated rings. The Labute approximate surface area is 105 Å². The van der Waals surface area contributed by atoms with Gasteiger partial charge >= 0.3 is 5.97 Å². The van der Waals surface area contributed by atoms with E-state index in [4.69, 9.17) is 20.0 Å². The fourth-order valence-electron chi connectivity index (χ4n) is 4.66. The summed E-state index contributed by atoms with van der Waals surface area (Å²) in [5, 5.41) is 16.1. The Bertz CT molecular complexity index is 423. The van der Waals surface area contributed by atoms with Crippen molar-refractivity contribution in [2.45, 2.75) is 37.6 Å². The Kier molecular flexibility index (Phi) is 2.15. The smallest absolute Gasteiger partial charge is 0.354 e. The Morgan fingerprint density at radius 2 is 2.17 bits per heavy atom. The summed E-state index contributed by atoms with van der Waals surface area (Å²) < 4.78 is 11.0. The van der Waals surface area contributed by atoms with E-state index >= 15 is 0 Å². The van der Waals surface area contributed by atoms with Crippen LogP contribution in [0.4, 0.5) is 0 Å². The molecule has 3 saturated carbocycles. The number of rotatable bonds is 3. The number of esters is 1. The van der Waals surface area contributed by atoms with Crippen LogP contribution >= 0.6 is 0 Å². The maximum absolute atomic E-state index is 11.6. The molecule has 5 heteroatoms. The van der Waals surface area contributed by atoms with Gasteiger partial charge in [-0.3, -0.25) is 5.41 Å². The molecule has 1 aliphatic heterocycles. The van der Waals surface area contributed by atoms with Gasteiger partial charge < -0.3 is 14.6 Å². The van der Waals surface area contributed by atoms with E-state index in [1.165, 1.54) is 6.42 Å². The zero-order chi connectivity index (χ0) is 12.4. The summed E-state index contributed by atoms with van der Waals surface area (Å²) in [6.07, 6.45) is 4.13. The van der Waals surface area contributed by atoms with Crippen LogP contribution in [-0.4, -0.2) is 41.7 Å². The van der Waals surface area contributed by atoms with Crippen LogP contribution < -0.4 is 0 Å². The molecule has 4 rings (SSSR count). The number of carbonyl (C=O) groups excluding carboxylic acids is 1. The van der Waals surface area contributed by atoms with Crippen molar-refractivity contribution in [1.29, 1.82) is 5.41 Å². The van der Waals surface area contributed by atoms with E-state index in [9.17, 15) is 4.79 Å². The van der Waals surface area contributed by atoms with Crippen LogP contribution in [0, 0.1) is 29.1 Å². The van der Waals surface area contributed by atoms with Crippen LogP contribution in [-0.2, 0) is 14.3 Å². The molecule has 0 aromatic rings. The van der Waals surface area contributed by atoms with Gasteiger partial charge in [-0.15, -0.1) is 0 Å². The van der Waals surface area contributed by atoms with Crippen molar-refractivity contribution < 1.29 is 19.4 Å². The lowest BCUT2D eigenvalue weighted by atomic mass is 9.79. The topological polar surface area (TPSA) is 82.9 Å². The van der Waals surface area contributed by atoms with Crippen molar-refractivity contribution in [2.75, 3.05) is 6.61 Å². The normalized spacial score (nSPS) is 50.8. The van der Waals surface area contributed by atoms with E-state index in [1.807, 2.05) is 0 Å². The summed E-state index contributed by atoms with van der Waals surface area (Å²) >= 11 is 0. The number of aliphatic hydroxyl groups is 1. The minimum absolute atomic E-state index is 0.0569. The van der Waals surface area contributed by atoms with Crippen molar-refractivity contribution in [2.24, 2.45) is 23.7 Å². The zero-order valence-electron chi connectivity index (χ0n) is 10.0. The summed E-state index contributed by atoms with van der Waals surface area (Å²) in [6.45, 7) is -0.542. The lowest BCUT2D eigenvalue weighted by molar-refractivity contribution is -0.145. The summed E-state index contributed by atoms with van der Waals surface area (Å²) in [6, 6.07) is 0. The second-order valence-electron chi connectivity index (χ2n) is 6.09. The van der Waals surface area contributed by atoms with E-state index in [2.05, 4.69) is 0 Å². The quantitative estimate of drug-likeness (QED) is 0.431. The highest BCUT2D eigenvalue weighted by Crippen LogP contribution is 2.64. The molecule has 18 heavy (non-hydrogen) atoms. The van der Waals surface area contributed by atoms with Gasteiger partial charge in [-0.1, -0.05) is 0 Å². The average molecular weight is 251 g/mol. The molecule has 0 radical (unpaired) electrons. The van der Waals surface area contributed by atoms with Gasteiger partial charge in [0.15, 0.2) is 0 Å². The standard InChI is InChI=1S/C13H17NO4/c14-8(4-15)13(16)18-9-2-5-1-7(9)11-6(5)3-10-12(11)17-10/h5-7,9-12,14-15H,1-4H2. The average Bonchev–Trinajstić information content (AvgIpc) is 2.76. The second-order valence-corrected chi connectivity index (χ2v) is 6.09. The molecule has 3 aliphatic carbocycles. The molecule has 5 nitrogen and oxygen atoms in total. The van der Waals surface area contributed by atoms with Crippen molar-refractivity contribution in [1.82, 2.24) is 0 Å². The molecule has 0 amide bonds. The number of hydrogen-bond acceptors (Lipinski definition) is 5. The van der Waals surface area contributed by atoms with E-state index in [1.54, 1.807) is 0 Å². The minimum atomic E-state index is -0.655. The summed E-state index contributed by atoms with van der Waals surface area (Å²) in [5.74, 6) is 1.81. The zero-order valence-corrected chi connectivity index (χ0v) is 10.0. The molecule has 0 spiro atoms. The lowest BCUT2D eigenvalue weighted by Crippen LogP contribution is -2.36. The Morgan fingerprint density at radius 1 is 1.33 bits per heavy atom. The molecule has 2 N–H and O–H groups in total. The van der Waals surface area contributed by atoms with Gasteiger partial charge in [0.05, 0.1) is 18.8 Å². The highest BCUT2D eigenvalue weighted by atomic mass is 16.6. The molecule has 1 heterocycles. The summed E-state index contributed by atoms with van der Waals surface area (Å²) in [4.78, 5) is 11.6. The Hall–Kier alpha value is -0.940. The Balaban J connectivity index is 1.46. The molecule has 1 saturated heterocycles. The van der Waals surface area contributed by atoms with Crippen LogP contribution in [0.25, 0.3) is 0 Å². The first kappa shape index (κ1) is 10.9. The van der Waals surface area contributed by atoms with Crippen LogP contribution in [0.3, 0.4) is 0 Å². The molecular weight excluding hydrogens is 234 g/mol. The van der Waals surface area contributed by atoms with E-state index in [0.29, 0.717) is 30.0 Å². The highest BCUT2D eigenvalue weighted by Gasteiger charge is 2.67. The van der Waals surface area contributed by atoms with Crippen molar-refractivity contribution in [3.8, 4) is 0 Å². The third-order valence-corrected chi connectivity index (χ3v) is 5.35. The van der Waals surface area contributed by atoms with Crippen LogP contribution in [0.15, 0.2) is 0 Å². The first-order chi connectivity index (χ1) is 8.69. The van der Waals surface area contributed by atoms with Crippen molar-refractivity contribution in [3.05, 3.63) is 0 Å². The molecule has 0 aromatic carbocycles. The number of ether oxygens (including phenoxy) is 2. The van der Waals surface area contributed by atoms with Gasteiger partial charge in [-0.2, -0.15) is 0 Å². The molecule has 2 bridgehead atoms. The fourth-order valence-corrected chi connectivity index (χ4v) is 4.66. The largest absolute Gasteiger partial charge is 0.458 e. The number of nitrogens with one attached hydrogen (secondary N) is 1. The highest BCUT2D eigenvalue weighted by molar-refractivity contribution is 6.35. The molecular formula is C13H17NO4. The third-order valence-electron chi connectivity index (χ3n) is 5.35. The summed E-state index contributed by atoms with van der Waals surface area (Å²) in [7, 11) is 0. The fraction of sp³-hybridized carbons (Fsp3) is 0.846. The van der Waals surface area contributed by atoms with E-state index in [-0.39, 0.29) is 11.8 Å². The minimum Gasteiger partial charge on any atom is -0.458 e. The van der Waals surface area contributed by atoms with Crippen LogP contribution in [0.2, 0.25) is 0 Å². The predicted octanol–water partition coefficient (Wildman–Crippen LogP) is 0.354. The first-order valence-corrected chi connectivity index (χ1v) is 6.73. The number of epoxide rings is 1. The van der Waals surface area contributed by atoms with Gasteiger partial charge in [-0.05, 0) is 37.0 Å². The van der Waals surface area contributed by atoms with Gasteiger partial charge in [0.1, 0.15) is 11.8 Å². The van der Waals surface area contributed by atoms with E-state index < -0.39 is 12.6 Å². The van der Waals surface area contributed by atoms with Crippen LogP contribution in [0.5, 0.6) is 0 Å². The Morgan fingerprint density at radius 3 is 2.94 bits per heavy atom. The number of fused-ring (bicyclic) bond motifs is 7. The number of hydrogen-bond donors (Lipinski definition) is 2. The van der Waals surface area contributed by atoms with E-state index in [0.717, 1.165) is 18.8 Å². The van der Waals surface area contributed by atoms with Gasteiger partial charge in [-0.25, -0.2) is 4.79 Å². The molecule has 7 atom stereocenters. The molecule has 98 valence electrons. The van der Waals surface area contributed by atoms with Crippen LogP contribution in [0.1, 0.15) is 19.3 Å². The number of carbonyl (C=O) groups is 1. The first-order valence-electron chi connectivity index (χ1n) is 6.73. The van der Waals surface area contributed by atoms with Crippen molar-refractivity contribution in [3.63, 3.8) is 0 Å². The van der Waals surface area contributed by atoms with Gasteiger partial charge in [0.2, 0.25) is 0 Å². The lowest BCUT2D eigenvalue weighted by Gasteiger charge is -2.32. The molecule has 7 unspecified atom stereocenters.